The van der Waals surface area contributed by atoms with Crippen molar-refractivity contribution in [1.29, 1.82) is 0 Å². The smallest absolute Gasteiger partial charge is 0.0830 e. The van der Waals surface area contributed by atoms with Gasteiger partial charge in [-0.1, -0.05) is 0 Å². The average molecular weight is 153 g/mol. The van der Waals surface area contributed by atoms with Gasteiger partial charge in [-0.25, -0.2) is 0 Å². The third-order valence-electron chi connectivity index (χ3n) is 1.45. The normalized spacial score (nSPS) is 10.5. The van der Waals surface area contributed by atoms with Gasteiger partial charge < -0.3 is 0 Å². The van der Waals surface area contributed by atoms with Crippen molar-refractivity contribution in [2.24, 2.45) is 0 Å². The van der Waals surface area contributed by atoms with Crippen LogP contribution in [0.4, 0.5) is 0 Å². The third-order valence-corrected chi connectivity index (χ3v) is 1.74. The van der Waals surface area contributed by atoms with Crippen LogP contribution >= 0.6 is 11.8 Å². The zero-order chi connectivity index (χ0) is 6.97. The van der Waals surface area contributed by atoms with Crippen molar-refractivity contribution in [2.75, 3.05) is 0 Å². The van der Waals surface area contributed by atoms with Crippen molar-refractivity contribution in [1.82, 2.24) is 9.07 Å². The number of fused-ring (bicyclic) bond motifs is 1. The van der Waals surface area contributed by atoms with Crippen molar-refractivity contribution in [2.45, 2.75) is 0 Å². The first-order chi connectivity index (χ1) is 4.88. The Kier molecular flexibility index (Phi) is 1.14. The Bertz CT molecular complexity index is 353. The van der Waals surface area contributed by atoms with Crippen LogP contribution in [0.15, 0.2) is 30.7 Å². The number of rotatable bonds is 0. The van der Waals surface area contributed by atoms with Crippen molar-refractivity contribution in [3.63, 3.8) is 0 Å². The molecule has 0 saturated carbocycles. The molecule has 0 unspecified atom stereocenters. The molecule has 0 aromatic carbocycles. The van der Waals surface area contributed by atoms with E-state index in [1.165, 1.54) is 4.09 Å². The highest BCUT2D eigenvalue weighted by Crippen LogP contribution is 2.13. The molecule has 0 atom stereocenters. The minimum Gasteiger partial charge on any atom is -0.262 e. The zero-order valence-electron chi connectivity index (χ0n) is 5.16. The quantitative estimate of drug-likeness (QED) is 0.565. The number of pyridine rings is 1. The molecular formula is C7H5ClN2. The van der Waals surface area contributed by atoms with Gasteiger partial charge in [-0.3, -0.25) is 9.07 Å². The van der Waals surface area contributed by atoms with E-state index in [2.05, 4.69) is 4.98 Å². The monoisotopic (exact) mass is 152 g/mol. The highest BCUT2D eigenvalue weighted by atomic mass is 35.5. The molecule has 0 aliphatic heterocycles. The van der Waals surface area contributed by atoms with E-state index < -0.39 is 0 Å². The summed E-state index contributed by atoms with van der Waals surface area (Å²) in [5.74, 6) is 0. The van der Waals surface area contributed by atoms with Gasteiger partial charge in [-0.2, -0.15) is 0 Å². The first-order valence-corrected chi connectivity index (χ1v) is 3.29. The highest BCUT2D eigenvalue weighted by molar-refractivity contribution is 6.19. The van der Waals surface area contributed by atoms with Crippen LogP contribution in [-0.2, 0) is 0 Å². The highest BCUT2D eigenvalue weighted by Gasteiger charge is 1.95. The van der Waals surface area contributed by atoms with E-state index in [4.69, 9.17) is 11.8 Å². The van der Waals surface area contributed by atoms with Gasteiger partial charge in [0.15, 0.2) is 0 Å². The van der Waals surface area contributed by atoms with Gasteiger partial charge in [0.1, 0.15) is 0 Å². The Morgan fingerprint density at radius 3 is 3.10 bits per heavy atom. The maximum atomic E-state index is 5.75. The van der Waals surface area contributed by atoms with Gasteiger partial charge in [0.05, 0.1) is 11.7 Å². The van der Waals surface area contributed by atoms with E-state index in [0.29, 0.717) is 0 Å². The van der Waals surface area contributed by atoms with Gasteiger partial charge in [-0.05, 0) is 12.1 Å². The second kappa shape index (κ2) is 1.99. The lowest BCUT2D eigenvalue weighted by molar-refractivity contribution is 1.28. The molecule has 0 aliphatic rings. The molecule has 0 bridgehead atoms. The molecule has 0 aliphatic carbocycles. The lowest BCUT2D eigenvalue weighted by atomic mass is 10.3. The Balaban J connectivity index is 2.93. The molecular weight excluding hydrogens is 148 g/mol. The second-order valence-corrected chi connectivity index (χ2v) is 2.43. The molecule has 0 saturated heterocycles. The second-order valence-electron chi connectivity index (χ2n) is 2.06. The Morgan fingerprint density at radius 2 is 2.30 bits per heavy atom. The number of halogens is 1. The summed E-state index contributed by atoms with van der Waals surface area (Å²) in [6, 6.07) is 3.87. The third kappa shape index (κ3) is 0.693. The molecule has 2 aromatic rings. The van der Waals surface area contributed by atoms with Crippen LogP contribution in [0.1, 0.15) is 0 Å². The van der Waals surface area contributed by atoms with E-state index in [-0.39, 0.29) is 0 Å². The van der Waals surface area contributed by atoms with Crippen molar-refractivity contribution < 1.29 is 0 Å². The molecule has 0 N–H and O–H groups in total. The molecule has 50 valence electrons. The molecule has 3 heteroatoms. The van der Waals surface area contributed by atoms with Gasteiger partial charge in [0.25, 0.3) is 0 Å². The van der Waals surface area contributed by atoms with Crippen LogP contribution in [0.5, 0.6) is 0 Å². The van der Waals surface area contributed by atoms with Crippen LogP contribution < -0.4 is 0 Å². The maximum Gasteiger partial charge on any atom is 0.0830 e. The molecule has 2 heterocycles. The minimum absolute atomic E-state index is 0.948. The Labute approximate surface area is 63.2 Å². The molecule has 0 amide bonds. The van der Waals surface area contributed by atoms with Crippen molar-refractivity contribution in [3.8, 4) is 0 Å². The number of hydrogen-bond donors (Lipinski definition) is 0. The summed E-state index contributed by atoms with van der Waals surface area (Å²) < 4.78 is 1.53. The van der Waals surface area contributed by atoms with Crippen LogP contribution in [0.3, 0.4) is 0 Å². The fourth-order valence-electron chi connectivity index (χ4n) is 0.942. The molecule has 10 heavy (non-hydrogen) atoms. The lowest BCUT2D eigenvalue weighted by Crippen LogP contribution is -1.75. The fourth-order valence-corrected chi connectivity index (χ4v) is 1.14. The summed E-state index contributed by atoms with van der Waals surface area (Å²) in [6.07, 6.45) is 5.29. The van der Waals surface area contributed by atoms with E-state index >= 15 is 0 Å². The predicted octanol–water partition coefficient (Wildman–Crippen LogP) is 2.04. The average Bonchev–Trinajstić information content (AvgIpc) is 2.34. The van der Waals surface area contributed by atoms with Crippen LogP contribution in [0, 0.1) is 0 Å². The van der Waals surface area contributed by atoms with Gasteiger partial charge in [-0.15, -0.1) is 0 Å². The van der Waals surface area contributed by atoms with Crippen molar-refractivity contribution >= 4 is 22.7 Å². The predicted molar refractivity (Wildman–Crippen MR) is 41.0 cm³/mol. The largest absolute Gasteiger partial charge is 0.262 e. The molecule has 2 rings (SSSR count). The molecule has 0 spiro atoms. The van der Waals surface area contributed by atoms with Gasteiger partial charge in [0.2, 0.25) is 0 Å². The lowest BCUT2D eigenvalue weighted by Gasteiger charge is -1.88. The van der Waals surface area contributed by atoms with Crippen LogP contribution in [0.2, 0.25) is 0 Å². The number of nitrogens with zero attached hydrogens (tertiary/aromatic N) is 2. The molecule has 0 radical (unpaired) electrons. The van der Waals surface area contributed by atoms with Gasteiger partial charge in [0, 0.05) is 29.6 Å². The Morgan fingerprint density at radius 1 is 1.40 bits per heavy atom. The minimum atomic E-state index is 0.948. The topological polar surface area (TPSA) is 17.8 Å². The molecule has 0 fully saturated rings. The SMILES string of the molecule is Cln1ccc2ccncc21. The summed E-state index contributed by atoms with van der Waals surface area (Å²) in [5.41, 5.74) is 0.948. The number of aromatic nitrogens is 2. The fraction of sp³-hybridized carbons (Fsp3) is 0. The van der Waals surface area contributed by atoms with E-state index in [1.54, 1.807) is 18.6 Å². The van der Waals surface area contributed by atoms with Gasteiger partial charge >= 0.3 is 0 Å². The Hall–Kier alpha value is -1.02. The van der Waals surface area contributed by atoms with E-state index in [9.17, 15) is 0 Å². The summed E-state index contributed by atoms with van der Waals surface area (Å²) >= 11 is 5.75. The van der Waals surface area contributed by atoms with E-state index in [0.717, 1.165) is 10.9 Å². The molecule has 2 nitrogen and oxygen atoms in total. The summed E-state index contributed by atoms with van der Waals surface area (Å²) in [5, 5.41) is 1.12. The zero-order valence-corrected chi connectivity index (χ0v) is 5.92. The first kappa shape index (κ1) is 5.74. The van der Waals surface area contributed by atoms with Crippen LogP contribution in [-0.4, -0.2) is 9.07 Å². The first-order valence-electron chi connectivity index (χ1n) is 2.95. The number of hydrogen-bond acceptors (Lipinski definition) is 1. The molecule has 2 aromatic heterocycles. The summed E-state index contributed by atoms with van der Waals surface area (Å²) in [6.45, 7) is 0. The summed E-state index contributed by atoms with van der Waals surface area (Å²) in [4.78, 5) is 3.94. The van der Waals surface area contributed by atoms with Crippen LogP contribution in [0.25, 0.3) is 10.9 Å². The summed E-state index contributed by atoms with van der Waals surface area (Å²) in [7, 11) is 0. The van der Waals surface area contributed by atoms with Crippen molar-refractivity contribution in [3.05, 3.63) is 30.7 Å². The van der Waals surface area contributed by atoms with E-state index in [1.807, 2.05) is 12.1 Å². The maximum absolute atomic E-state index is 5.75. The standard InChI is InChI=1S/C7H5ClN2/c8-10-4-2-6-1-3-9-5-7(6)10/h1-5H.